The molecule has 1 aliphatic rings. The van der Waals surface area contributed by atoms with Crippen molar-refractivity contribution in [3.05, 3.63) is 36.5 Å². The summed E-state index contributed by atoms with van der Waals surface area (Å²) < 4.78 is 17.1. The zero-order valence-corrected chi connectivity index (χ0v) is 17.6. The molecular formula is C22H31N3O4. The van der Waals surface area contributed by atoms with E-state index < -0.39 is 6.23 Å². The van der Waals surface area contributed by atoms with E-state index in [0.717, 1.165) is 31.8 Å². The monoisotopic (exact) mass is 401 g/mol. The summed E-state index contributed by atoms with van der Waals surface area (Å²) in [6, 6.07) is 9.63. The van der Waals surface area contributed by atoms with E-state index in [1.54, 1.807) is 26.3 Å². The highest BCUT2D eigenvalue weighted by molar-refractivity contribution is 5.59. The van der Waals surface area contributed by atoms with Crippen molar-refractivity contribution in [2.75, 3.05) is 37.0 Å². The van der Waals surface area contributed by atoms with Crippen LogP contribution >= 0.6 is 0 Å². The maximum absolute atomic E-state index is 9.61. The van der Waals surface area contributed by atoms with Gasteiger partial charge in [0.1, 0.15) is 12.0 Å². The summed E-state index contributed by atoms with van der Waals surface area (Å²) in [5, 5.41) is 12.5. The second-order valence-corrected chi connectivity index (χ2v) is 7.72. The molecule has 7 nitrogen and oxygen atoms in total. The predicted molar refractivity (Wildman–Crippen MR) is 114 cm³/mol. The van der Waals surface area contributed by atoms with Crippen LogP contribution < -0.4 is 19.7 Å². The minimum Gasteiger partial charge on any atom is -0.481 e. The van der Waals surface area contributed by atoms with E-state index >= 15 is 0 Å². The van der Waals surface area contributed by atoms with E-state index in [1.807, 2.05) is 24.3 Å². The molecule has 0 saturated carbocycles. The van der Waals surface area contributed by atoms with Gasteiger partial charge in [0.25, 0.3) is 0 Å². The highest BCUT2D eigenvalue weighted by Gasteiger charge is 2.27. The molecule has 1 fully saturated rings. The molecule has 2 aromatic rings. The van der Waals surface area contributed by atoms with Gasteiger partial charge >= 0.3 is 0 Å². The topological polar surface area (TPSA) is 76.1 Å². The number of ether oxygens (including phenoxy) is 3. The largest absolute Gasteiger partial charge is 0.481 e. The summed E-state index contributed by atoms with van der Waals surface area (Å²) in [6.45, 7) is 8.73. The third-order valence-corrected chi connectivity index (χ3v) is 4.74. The quantitative estimate of drug-likeness (QED) is 0.585. The highest BCUT2D eigenvalue weighted by atomic mass is 16.5. The fourth-order valence-electron chi connectivity index (χ4n) is 3.03. The van der Waals surface area contributed by atoms with Gasteiger partial charge in [0.15, 0.2) is 5.75 Å². The maximum Gasteiger partial charge on any atom is 0.216 e. The van der Waals surface area contributed by atoms with Crippen molar-refractivity contribution in [3.8, 4) is 17.4 Å². The first-order chi connectivity index (χ1) is 13.9. The molecular weight excluding hydrogens is 370 g/mol. The van der Waals surface area contributed by atoms with Crippen LogP contribution in [0, 0.1) is 5.92 Å². The number of benzene rings is 1. The lowest BCUT2D eigenvalue weighted by atomic mass is 10.1. The molecule has 2 heterocycles. The summed E-state index contributed by atoms with van der Waals surface area (Å²) >= 11 is 0. The van der Waals surface area contributed by atoms with Gasteiger partial charge in [0.2, 0.25) is 5.88 Å². The molecule has 158 valence electrons. The molecule has 1 aromatic heterocycles. The molecule has 0 aliphatic carbocycles. The van der Waals surface area contributed by atoms with Crippen molar-refractivity contribution in [2.24, 2.45) is 5.92 Å². The molecule has 0 amide bonds. The minimum atomic E-state index is -0.725. The Labute approximate surface area is 172 Å². The lowest BCUT2D eigenvalue weighted by Gasteiger charge is -2.40. The van der Waals surface area contributed by atoms with Crippen molar-refractivity contribution in [2.45, 2.75) is 39.5 Å². The Morgan fingerprint density at radius 3 is 2.55 bits per heavy atom. The molecule has 1 saturated heterocycles. The van der Waals surface area contributed by atoms with Crippen LogP contribution in [0.25, 0.3) is 0 Å². The number of hydrogen-bond acceptors (Lipinski definition) is 7. The second-order valence-electron chi connectivity index (χ2n) is 7.72. The molecule has 0 spiro atoms. The van der Waals surface area contributed by atoms with Crippen LogP contribution in [0.5, 0.6) is 17.4 Å². The number of rotatable bonds is 10. The Balaban J connectivity index is 1.57. The zero-order chi connectivity index (χ0) is 20.8. The van der Waals surface area contributed by atoms with Gasteiger partial charge in [-0.05, 0) is 43.5 Å². The lowest BCUT2D eigenvalue weighted by molar-refractivity contribution is 0.0285. The third kappa shape index (κ3) is 5.98. The van der Waals surface area contributed by atoms with E-state index in [-0.39, 0.29) is 0 Å². The summed E-state index contributed by atoms with van der Waals surface area (Å²) in [5.74, 6) is 2.35. The van der Waals surface area contributed by atoms with Gasteiger partial charge in [-0.15, -0.1) is 0 Å². The Hall–Kier alpha value is -2.51. The van der Waals surface area contributed by atoms with Crippen LogP contribution in [0.4, 0.5) is 11.4 Å². The molecule has 1 unspecified atom stereocenters. The second kappa shape index (κ2) is 9.80. The first-order valence-electron chi connectivity index (χ1n) is 10.1. The fraction of sp³-hybridized carbons (Fsp3) is 0.500. The lowest BCUT2D eigenvalue weighted by Crippen LogP contribution is -2.52. The van der Waals surface area contributed by atoms with Crippen molar-refractivity contribution in [1.82, 2.24) is 4.98 Å². The fourth-order valence-corrected chi connectivity index (χ4v) is 3.03. The van der Waals surface area contributed by atoms with Crippen LogP contribution in [0.3, 0.4) is 0 Å². The minimum absolute atomic E-state index is 0.322. The average molecular weight is 402 g/mol. The van der Waals surface area contributed by atoms with Gasteiger partial charge in [0, 0.05) is 31.5 Å². The number of aromatic nitrogens is 1. The molecule has 0 radical (unpaired) electrons. The number of aliphatic hydroxyl groups excluding tert-OH is 1. The standard InChI is InChI=1S/C22H31N3O4/c1-15(2)9-10-28-19-13-25(14-19)17-5-7-18(8-6-17)29-21-11-22(27-4)23-12-20(21)24-16(3)26/h5-8,11-12,15-16,19,24,26H,9-10,13-14H2,1-4H3. The van der Waals surface area contributed by atoms with Crippen molar-refractivity contribution in [3.63, 3.8) is 0 Å². The van der Waals surface area contributed by atoms with Gasteiger partial charge in [-0.25, -0.2) is 4.98 Å². The number of nitrogens with zero attached hydrogens (tertiary/aromatic N) is 2. The smallest absolute Gasteiger partial charge is 0.216 e. The number of methoxy groups -OCH3 is 1. The first kappa shape index (κ1) is 21.2. The summed E-state index contributed by atoms with van der Waals surface area (Å²) in [7, 11) is 1.55. The normalized spacial score (nSPS) is 15.2. The molecule has 7 heteroatoms. The van der Waals surface area contributed by atoms with E-state index in [9.17, 15) is 5.11 Å². The van der Waals surface area contributed by atoms with Crippen LogP contribution in [0.2, 0.25) is 0 Å². The first-order valence-corrected chi connectivity index (χ1v) is 10.1. The van der Waals surface area contributed by atoms with Gasteiger partial charge in [0.05, 0.1) is 25.1 Å². The highest BCUT2D eigenvalue weighted by Crippen LogP contribution is 2.33. The van der Waals surface area contributed by atoms with Gasteiger partial charge in [-0.2, -0.15) is 0 Å². The van der Waals surface area contributed by atoms with E-state index in [4.69, 9.17) is 14.2 Å². The predicted octanol–water partition coefficient (Wildman–Crippen LogP) is 3.88. The Bertz CT molecular complexity index is 774. The van der Waals surface area contributed by atoms with Crippen LogP contribution in [0.1, 0.15) is 27.2 Å². The Kier molecular flexibility index (Phi) is 7.17. The zero-order valence-electron chi connectivity index (χ0n) is 17.6. The number of hydrogen-bond donors (Lipinski definition) is 2. The molecule has 1 aliphatic heterocycles. The van der Waals surface area contributed by atoms with Gasteiger partial charge in [-0.3, -0.25) is 0 Å². The number of anilines is 2. The van der Waals surface area contributed by atoms with Crippen molar-refractivity contribution >= 4 is 11.4 Å². The summed E-state index contributed by atoms with van der Waals surface area (Å²) in [5.41, 5.74) is 1.74. The van der Waals surface area contributed by atoms with E-state index in [2.05, 4.69) is 29.0 Å². The number of pyridine rings is 1. The molecule has 29 heavy (non-hydrogen) atoms. The van der Waals surface area contributed by atoms with E-state index in [1.165, 1.54) is 0 Å². The van der Waals surface area contributed by atoms with Gasteiger partial charge in [-0.1, -0.05) is 13.8 Å². The number of nitrogens with one attached hydrogen (secondary N) is 1. The molecule has 3 rings (SSSR count). The van der Waals surface area contributed by atoms with Crippen LogP contribution in [0.15, 0.2) is 36.5 Å². The average Bonchev–Trinajstić information content (AvgIpc) is 2.65. The van der Waals surface area contributed by atoms with Gasteiger partial charge < -0.3 is 29.5 Å². The SMILES string of the molecule is COc1cc(Oc2ccc(N3CC(OCCC(C)C)C3)cc2)c(NC(C)O)cn1. The molecule has 0 bridgehead atoms. The van der Waals surface area contributed by atoms with Crippen LogP contribution in [-0.4, -0.2) is 49.2 Å². The Morgan fingerprint density at radius 1 is 1.21 bits per heavy atom. The Morgan fingerprint density at radius 2 is 1.93 bits per heavy atom. The number of aliphatic hydroxyl groups is 1. The summed E-state index contributed by atoms with van der Waals surface area (Å²) in [4.78, 5) is 6.44. The van der Waals surface area contributed by atoms with Crippen LogP contribution in [-0.2, 0) is 4.74 Å². The molecule has 2 N–H and O–H groups in total. The maximum atomic E-state index is 9.61. The van der Waals surface area contributed by atoms with Crippen molar-refractivity contribution in [1.29, 1.82) is 0 Å². The van der Waals surface area contributed by atoms with E-state index in [0.29, 0.717) is 35.1 Å². The summed E-state index contributed by atoms with van der Waals surface area (Å²) in [6.07, 6.45) is 2.28. The third-order valence-electron chi connectivity index (χ3n) is 4.74. The van der Waals surface area contributed by atoms with Crippen molar-refractivity contribution < 1.29 is 19.3 Å². The molecule has 1 atom stereocenters. The molecule has 1 aromatic carbocycles.